The number of benzene rings is 10. The molecular formula is C114H128N5+5. The summed E-state index contributed by atoms with van der Waals surface area (Å²) in [5.74, 6) is -0.711. The summed E-state index contributed by atoms with van der Waals surface area (Å²) < 4.78 is 90.5. The first-order chi connectivity index (χ1) is 60.5. The van der Waals surface area contributed by atoms with Gasteiger partial charge in [-0.3, -0.25) is 0 Å². The minimum Gasteiger partial charge on any atom is -0.201 e. The second-order valence-electron chi connectivity index (χ2n) is 34.1. The molecule has 5 aromatic heterocycles. The molecule has 0 fully saturated rings. The van der Waals surface area contributed by atoms with Crippen LogP contribution in [0.25, 0.3) is 112 Å². The summed E-state index contributed by atoms with van der Waals surface area (Å²) in [5, 5.41) is 0. The zero-order valence-electron chi connectivity index (χ0n) is 84.6. The highest BCUT2D eigenvalue weighted by Crippen LogP contribution is 2.38. The molecule has 5 heteroatoms. The van der Waals surface area contributed by atoms with Gasteiger partial charge in [-0.2, -0.15) is 0 Å². The van der Waals surface area contributed by atoms with Gasteiger partial charge in [-0.05, 0) is 298 Å². The topological polar surface area (TPSA) is 19.4 Å². The monoisotopic (exact) mass is 1580 g/mol. The van der Waals surface area contributed by atoms with Gasteiger partial charge in [0.25, 0.3) is 0 Å². The number of hydrogen-bond acceptors (Lipinski definition) is 0. The fraction of sp³-hybridized carbons (Fsp3) is 0.254. The maximum Gasteiger partial charge on any atom is 0.212 e. The Morgan fingerprint density at radius 2 is 0.580 bits per heavy atom. The van der Waals surface area contributed by atoms with Crippen LogP contribution in [0, 0.1) is 116 Å². The van der Waals surface area contributed by atoms with E-state index in [1.807, 2.05) is 229 Å². The lowest BCUT2D eigenvalue weighted by atomic mass is 9.86. The zero-order valence-corrected chi connectivity index (χ0v) is 74.6. The maximum atomic E-state index is 8.37. The third-order valence-corrected chi connectivity index (χ3v) is 22.7. The van der Waals surface area contributed by atoms with E-state index in [1.165, 1.54) is 106 Å². The Bertz CT molecular complexity index is 6530. The van der Waals surface area contributed by atoms with Gasteiger partial charge in [-0.25, -0.2) is 22.8 Å². The van der Waals surface area contributed by atoms with Crippen molar-refractivity contribution in [3.05, 3.63) is 386 Å². The Hall–Kier alpha value is -12.1. The van der Waals surface area contributed by atoms with E-state index in [0.29, 0.717) is 16.7 Å². The molecule has 15 rings (SSSR count). The molecule has 0 spiro atoms. The van der Waals surface area contributed by atoms with E-state index in [2.05, 4.69) is 227 Å². The second-order valence-corrected chi connectivity index (χ2v) is 34.1. The number of hydrogen-bond donors (Lipinski definition) is 0. The van der Waals surface area contributed by atoms with E-state index < -0.39 is 26.4 Å². The van der Waals surface area contributed by atoms with E-state index in [1.54, 1.807) is 12.1 Å². The number of nitrogens with zero attached hydrogens (tertiary/aromatic N) is 5. The summed E-state index contributed by atoms with van der Waals surface area (Å²) in [7, 11) is 10.3. The van der Waals surface area contributed by atoms with Gasteiger partial charge < -0.3 is 0 Å². The predicted octanol–water partition coefficient (Wildman–Crippen LogP) is 26.9. The van der Waals surface area contributed by atoms with Crippen LogP contribution >= 0.6 is 0 Å². The molecule has 0 amide bonds. The Balaban J connectivity index is 0.000000156. The highest BCUT2D eigenvalue weighted by atomic mass is 14.9. The van der Waals surface area contributed by atoms with Crippen molar-refractivity contribution in [2.45, 2.75) is 157 Å². The molecule has 5 heterocycles. The molecule has 15 aromatic rings. The molecule has 0 atom stereocenters. The normalized spacial score (nSPS) is 12.7. The molecule has 0 bridgehead atoms. The van der Waals surface area contributed by atoms with Crippen molar-refractivity contribution in [3.63, 3.8) is 0 Å². The summed E-state index contributed by atoms with van der Waals surface area (Å²) in [5.41, 5.74) is 41.2. The highest BCUT2D eigenvalue weighted by molar-refractivity contribution is 5.81. The molecule has 0 aliphatic rings. The molecule has 119 heavy (non-hydrogen) atoms. The Morgan fingerprint density at radius 3 is 0.966 bits per heavy atom. The van der Waals surface area contributed by atoms with Crippen LogP contribution in [0.3, 0.4) is 0 Å². The van der Waals surface area contributed by atoms with E-state index in [0.717, 1.165) is 95.8 Å². The van der Waals surface area contributed by atoms with Crippen LogP contribution in [0.1, 0.15) is 154 Å². The largest absolute Gasteiger partial charge is 0.212 e. The van der Waals surface area contributed by atoms with Gasteiger partial charge in [0, 0.05) is 101 Å². The summed E-state index contributed by atoms with van der Waals surface area (Å²) in [4.78, 5) is 0. The lowest BCUT2D eigenvalue weighted by molar-refractivity contribution is -0.660. The third-order valence-electron chi connectivity index (χ3n) is 22.7. The van der Waals surface area contributed by atoms with Crippen molar-refractivity contribution >= 4 is 0 Å². The zero-order chi connectivity index (χ0) is 94.3. The van der Waals surface area contributed by atoms with Crippen molar-refractivity contribution < 1.29 is 36.5 Å². The minimum atomic E-state index is -2.19. The highest BCUT2D eigenvalue weighted by Gasteiger charge is 2.24. The molecule has 0 saturated heterocycles. The molecule has 0 radical (unpaired) electrons. The molecule has 0 saturated carbocycles. The molecule has 5 nitrogen and oxygen atoms in total. The van der Waals surface area contributed by atoms with Crippen molar-refractivity contribution in [2.24, 2.45) is 40.7 Å². The van der Waals surface area contributed by atoms with Gasteiger partial charge in [-0.15, -0.1) is 0 Å². The van der Waals surface area contributed by atoms with Gasteiger partial charge in [0.05, 0.1) is 0 Å². The first-order valence-corrected chi connectivity index (χ1v) is 41.4. The lowest BCUT2D eigenvalue weighted by Gasteiger charge is -2.20. The molecule has 0 aliphatic heterocycles. The molecule has 0 aliphatic carbocycles. The number of aromatic nitrogens is 5. The van der Waals surface area contributed by atoms with Crippen LogP contribution in [-0.4, -0.2) is 0 Å². The van der Waals surface area contributed by atoms with Crippen molar-refractivity contribution in [1.29, 1.82) is 0 Å². The van der Waals surface area contributed by atoms with Gasteiger partial charge in [0.2, 0.25) is 28.5 Å². The summed E-state index contributed by atoms with van der Waals surface area (Å²) in [6.45, 7) is 31.8. The minimum absolute atomic E-state index is 0.275. The standard InChI is InChI=1S/C27H34N.2C23H26N.C21H22N.C20H20N/c1-18-9-11-22(12-10-18)24-15-25(20(3)13-19(24)2)26-14-23(16-27(5,6)7)21(4)17-28(26)8;1-15-7-9-20(10-8-15)21-13-22(18(4)11-17(21)3)23-12-16(2)19(5)14-24(23)6;1-16(2)20-11-12-24(5)23(14-20)22-15-21(17(3)13-18(22)4)19-9-7-6-8-10-19;1-15-10-11-22(4)21(12-15)20-14-19(16(2)13-17(20)3)18-8-6-5-7-9-18;1-15-13-16(2)19(20-11-7-8-12-21(20)3)14-18(15)17-9-5-4-6-10-17/h9-15,17H,16H2,1-8H3;7-14H,1-6H3;6-16H,1-5H3;5-14H,1-4H3;4-14H,1-3H3/q5*+1/i;;3D3,16D;2D3;1D3. The lowest BCUT2D eigenvalue weighted by Crippen LogP contribution is -2.32. The number of aryl methyl sites for hydroxylation is 21. The van der Waals surface area contributed by atoms with Crippen LogP contribution in [0.2, 0.25) is 0 Å². The quantitative estimate of drug-likeness (QED) is 0.109. The van der Waals surface area contributed by atoms with Gasteiger partial charge in [0.15, 0.2) is 31.0 Å². The maximum absolute atomic E-state index is 8.37. The smallest absolute Gasteiger partial charge is 0.201 e. The fourth-order valence-electron chi connectivity index (χ4n) is 15.8. The summed E-state index contributed by atoms with van der Waals surface area (Å²) in [6, 6.07) is 86.4. The fourth-order valence-corrected chi connectivity index (χ4v) is 15.8. The Labute approximate surface area is 728 Å². The SMILES string of the molecule is Cc1ccc(-c2cc(-c3cc(C)c(C)c[n+]3C)c(C)cc2C)cc1.Cc1ccc(-c2cc(-c3cc(CC(C)(C)C)c(C)c[n+]3C)c(C)cc2C)cc1.[2H]C([2H])([2H])c1cc(C)c(-c2cc(C([2H])(C)C)cc[n+]2C)cc1-c1ccccc1.[2H]C([2H])([2H])c1cc(C)c(-c2cc(C)cc[n+]2C)cc1-c1ccccc1.[2H]C([2H])([2H])c1cc(C)c(-c2cccc[n+]2C)cc1-c1ccccc1. The van der Waals surface area contributed by atoms with Gasteiger partial charge in [-0.1, -0.05) is 216 Å². The molecule has 0 N–H and O–H groups in total. The number of pyridine rings is 5. The Morgan fingerprint density at radius 1 is 0.261 bits per heavy atom. The predicted molar refractivity (Wildman–Crippen MR) is 505 cm³/mol. The second kappa shape index (κ2) is 38.6. The van der Waals surface area contributed by atoms with Crippen molar-refractivity contribution in [1.82, 2.24) is 0 Å². The number of rotatable bonds is 12. The average molecular weight is 1580 g/mol. The average Bonchev–Trinajstić information content (AvgIpc) is 0.777. The first-order valence-electron chi connectivity index (χ1n) is 46.4. The molecule has 10 aromatic carbocycles. The van der Waals surface area contributed by atoms with Gasteiger partial charge >= 0.3 is 0 Å². The van der Waals surface area contributed by atoms with Crippen LogP contribution in [0.5, 0.6) is 0 Å². The van der Waals surface area contributed by atoms with Crippen LogP contribution in [0.4, 0.5) is 0 Å². The summed E-state index contributed by atoms with van der Waals surface area (Å²) in [6.07, 6.45) is 11.6. The van der Waals surface area contributed by atoms with E-state index >= 15 is 0 Å². The van der Waals surface area contributed by atoms with Crippen molar-refractivity contribution in [2.75, 3.05) is 0 Å². The molecule has 0 unspecified atom stereocenters. The van der Waals surface area contributed by atoms with Crippen LogP contribution in [0.15, 0.2) is 286 Å². The van der Waals surface area contributed by atoms with E-state index in [9.17, 15) is 0 Å². The first kappa shape index (κ1) is 74.5. The summed E-state index contributed by atoms with van der Waals surface area (Å²) >= 11 is 0. The van der Waals surface area contributed by atoms with Crippen LogP contribution < -0.4 is 22.8 Å². The third kappa shape index (κ3) is 21.7. The van der Waals surface area contributed by atoms with E-state index in [4.69, 9.17) is 13.7 Å². The molecular weight excluding hydrogens is 1440 g/mol. The van der Waals surface area contributed by atoms with E-state index in [-0.39, 0.29) is 5.41 Å². The van der Waals surface area contributed by atoms with Crippen LogP contribution in [-0.2, 0) is 41.7 Å². The van der Waals surface area contributed by atoms with Crippen molar-refractivity contribution in [3.8, 4) is 112 Å². The molecule has 604 valence electrons. The van der Waals surface area contributed by atoms with Gasteiger partial charge in [0.1, 0.15) is 35.2 Å². The Kier molecular flexibility index (Phi) is 24.1.